The average Bonchev–Trinajstić information content (AvgIpc) is 2.23. The highest BCUT2D eigenvalue weighted by atomic mass is 16.6. The second-order valence-electron chi connectivity index (χ2n) is 7.17. The fourth-order valence-corrected chi connectivity index (χ4v) is 2.02. The highest BCUT2D eigenvalue weighted by molar-refractivity contribution is 5.71. The van der Waals surface area contributed by atoms with Crippen LogP contribution in [0.25, 0.3) is 0 Å². The van der Waals surface area contributed by atoms with Gasteiger partial charge in [-0.25, -0.2) is 4.79 Å². The zero-order chi connectivity index (χ0) is 17.6. The standard InChI is InChI=1S/C16H31NO5/c1-8-21-13(18)10-16(7,20)12(9-11(2)3)17-14(19)22-15(4,5)6/h11-12,20H,8-10H2,1-7H3,(H,17,19)/t12-,16?/m0/s1. The van der Waals surface area contributed by atoms with Crippen molar-refractivity contribution in [2.24, 2.45) is 5.92 Å². The summed E-state index contributed by atoms with van der Waals surface area (Å²) in [6.07, 6.45) is -0.276. The summed E-state index contributed by atoms with van der Waals surface area (Å²) < 4.78 is 10.1. The van der Waals surface area contributed by atoms with Crippen molar-refractivity contribution in [3.8, 4) is 0 Å². The Hall–Kier alpha value is -1.30. The number of carbonyl (C=O) groups is 2. The number of alkyl carbamates (subject to hydrolysis) is 1. The third-order valence-corrected chi connectivity index (χ3v) is 2.96. The van der Waals surface area contributed by atoms with E-state index in [1.165, 1.54) is 6.92 Å². The van der Waals surface area contributed by atoms with Crippen molar-refractivity contribution in [2.75, 3.05) is 6.61 Å². The van der Waals surface area contributed by atoms with Gasteiger partial charge in [0.2, 0.25) is 0 Å². The first-order valence-electron chi connectivity index (χ1n) is 7.75. The topological polar surface area (TPSA) is 84.9 Å². The van der Waals surface area contributed by atoms with Gasteiger partial charge in [-0.05, 0) is 47.0 Å². The zero-order valence-electron chi connectivity index (χ0n) is 14.9. The highest BCUT2D eigenvalue weighted by Gasteiger charge is 2.37. The van der Waals surface area contributed by atoms with Crippen molar-refractivity contribution in [3.05, 3.63) is 0 Å². The number of hydrogen-bond donors (Lipinski definition) is 2. The van der Waals surface area contributed by atoms with Gasteiger partial charge in [0.25, 0.3) is 0 Å². The normalized spacial score (nSPS) is 15.9. The summed E-state index contributed by atoms with van der Waals surface area (Å²) in [4.78, 5) is 23.6. The van der Waals surface area contributed by atoms with Crippen molar-refractivity contribution in [2.45, 2.75) is 78.6 Å². The first kappa shape index (κ1) is 20.7. The van der Waals surface area contributed by atoms with Gasteiger partial charge < -0.3 is 19.9 Å². The second-order valence-corrected chi connectivity index (χ2v) is 7.17. The van der Waals surface area contributed by atoms with Crippen LogP contribution in [0.15, 0.2) is 0 Å². The lowest BCUT2D eigenvalue weighted by atomic mass is 9.87. The summed E-state index contributed by atoms with van der Waals surface area (Å²) in [5.74, 6) is -0.263. The Morgan fingerprint density at radius 2 is 1.73 bits per heavy atom. The molecule has 6 nitrogen and oxygen atoms in total. The lowest BCUT2D eigenvalue weighted by Gasteiger charge is -2.34. The molecule has 0 radical (unpaired) electrons. The summed E-state index contributed by atoms with van der Waals surface area (Å²) in [6, 6.07) is -0.605. The Balaban J connectivity index is 4.94. The maximum Gasteiger partial charge on any atom is 0.407 e. The van der Waals surface area contributed by atoms with Gasteiger partial charge in [-0.15, -0.1) is 0 Å². The van der Waals surface area contributed by atoms with E-state index in [4.69, 9.17) is 9.47 Å². The van der Waals surface area contributed by atoms with Crippen molar-refractivity contribution >= 4 is 12.1 Å². The van der Waals surface area contributed by atoms with Crippen LogP contribution in [-0.4, -0.2) is 41.0 Å². The molecule has 0 saturated heterocycles. The lowest BCUT2D eigenvalue weighted by molar-refractivity contribution is -0.149. The smallest absolute Gasteiger partial charge is 0.407 e. The van der Waals surface area contributed by atoms with Crippen LogP contribution in [0.2, 0.25) is 0 Å². The number of carbonyl (C=O) groups excluding carboxylic acids is 2. The zero-order valence-corrected chi connectivity index (χ0v) is 14.9. The molecule has 0 aliphatic carbocycles. The quantitative estimate of drug-likeness (QED) is 0.705. The molecule has 0 aliphatic heterocycles. The molecule has 0 fully saturated rings. The Labute approximate surface area is 133 Å². The molecule has 0 heterocycles. The van der Waals surface area contributed by atoms with Crippen LogP contribution in [0.3, 0.4) is 0 Å². The molecule has 0 aliphatic rings. The molecule has 2 atom stereocenters. The molecule has 0 rings (SSSR count). The maximum absolute atomic E-state index is 11.9. The number of aliphatic hydroxyl groups is 1. The minimum absolute atomic E-state index is 0.186. The highest BCUT2D eigenvalue weighted by Crippen LogP contribution is 2.22. The van der Waals surface area contributed by atoms with Crippen molar-refractivity contribution < 1.29 is 24.2 Å². The first-order valence-corrected chi connectivity index (χ1v) is 7.75. The van der Waals surface area contributed by atoms with Crippen molar-refractivity contribution in [3.63, 3.8) is 0 Å². The van der Waals surface area contributed by atoms with Crippen LogP contribution in [0, 0.1) is 5.92 Å². The molecule has 0 saturated carbocycles. The number of hydrogen-bond acceptors (Lipinski definition) is 5. The number of esters is 1. The molecule has 22 heavy (non-hydrogen) atoms. The summed E-state index contributed by atoms with van der Waals surface area (Å²) in [7, 11) is 0. The Morgan fingerprint density at radius 3 is 2.14 bits per heavy atom. The van der Waals surface area contributed by atoms with E-state index < -0.39 is 29.3 Å². The first-order chi connectivity index (χ1) is 9.87. The molecule has 6 heteroatoms. The van der Waals surface area contributed by atoms with Gasteiger partial charge in [0.1, 0.15) is 5.60 Å². The van der Waals surface area contributed by atoms with Gasteiger partial charge in [0, 0.05) is 0 Å². The maximum atomic E-state index is 11.9. The largest absolute Gasteiger partial charge is 0.466 e. The molecule has 2 N–H and O–H groups in total. The van der Waals surface area contributed by atoms with Gasteiger partial charge >= 0.3 is 12.1 Å². The van der Waals surface area contributed by atoms with Crippen molar-refractivity contribution in [1.29, 1.82) is 0 Å². The van der Waals surface area contributed by atoms with E-state index in [1.54, 1.807) is 27.7 Å². The van der Waals surface area contributed by atoms with Crippen molar-refractivity contribution in [1.82, 2.24) is 5.32 Å². The minimum atomic E-state index is -1.41. The van der Waals surface area contributed by atoms with Gasteiger partial charge in [-0.2, -0.15) is 0 Å². The second kappa shape index (κ2) is 8.36. The fourth-order valence-electron chi connectivity index (χ4n) is 2.02. The summed E-state index contributed by atoms with van der Waals surface area (Å²) in [6.45, 7) is 12.7. The van der Waals surface area contributed by atoms with E-state index in [2.05, 4.69) is 5.32 Å². The summed E-state index contributed by atoms with van der Waals surface area (Å²) in [5.41, 5.74) is -2.03. The lowest BCUT2D eigenvalue weighted by Crippen LogP contribution is -2.53. The van der Waals surface area contributed by atoms with Crippen LogP contribution in [0.5, 0.6) is 0 Å². The third-order valence-electron chi connectivity index (χ3n) is 2.96. The van der Waals surface area contributed by atoms with Crippen LogP contribution in [-0.2, 0) is 14.3 Å². The van der Waals surface area contributed by atoms with E-state index >= 15 is 0 Å². The molecule has 1 amide bonds. The van der Waals surface area contributed by atoms with Gasteiger partial charge in [-0.1, -0.05) is 13.8 Å². The van der Waals surface area contributed by atoms with E-state index in [0.717, 1.165) is 0 Å². The van der Waals surface area contributed by atoms with E-state index in [0.29, 0.717) is 6.42 Å². The van der Waals surface area contributed by atoms with Crippen LogP contribution >= 0.6 is 0 Å². The van der Waals surface area contributed by atoms with Crippen LogP contribution < -0.4 is 5.32 Å². The van der Waals surface area contributed by atoms with E-state index in [1.807, 2.05) is 13.8 Å². The molecule has 0 spiro atoms. The van der Waals surface area contributed by atoms with Gasteiger partial charge in [-0.3, -0.25) is 4.79 Å². The third kappa shape index (κ3) is 8.87. The molecule has 0 aromatic carbocycles. The molecular formula is C16H31NO5. The molecule has 0 aromatic rings. The SMILES string of the molecule is CCOC(=O)CC(C)(O)[C@H](CC(C)C)NC(=O)OC(C)(C)C. The van der Waals surface area contributed by atoms with Gasteiger partial charge in [0.15, 0.2) is 0 Å². The van der Waals surface area contributed by atoms with Gasteiger partial charge in [0.05, 0.1) is 24.7 Å². The summed E-state index contributed by atoms with van der Waals surface area (Å²) in [5, 5.41) is 13.3. The molecule has 0 bridgehead atoms. The Morgan fingerprint density at radius 1 is 1.18 bits per heavy atom. The molecule has 0 aromatic heterocycles. The predicted molar refractivity (Wildman–Crippen MR) is 84.5 cm³/mol. The fraction of sp³-hybridized carbons (Fsp3) is 0.875. The number of amides is 1. The van der Waals surface area contributed by atoms with E-state index in [-0.39, 0.29) is 18.9 Å². The number of rotatable bonds is 7. The van der Waals surface area contributed by atoms with E-state index in [9.17, 15) is 14.7 Å². The Kier molecular flexibility index (Phi) is 7.87. The molecule has 130 valence electrons. The van der Waals surface area contributed by atoms with Crippen LogP contribution in [0.4, 0.5) is 4.79 Å². The average molecular weight is 317 g/mol. The Bertz CT molecular complexity index is 371. The molecule has 1 unspecified atom stereocenters. The number of ether oxygens (including phenoxy) is 2. The number of nitrogens with one attached hydrogen (secondary N) is 1. The van der Waals surface area contributed by atoms with Crippen LogP contribution in [0.1, 0.15) is 61.3 Å². The monoisotopic (exact) mass is 317 g/mol. The summed E-state index contributed by atoms with van der Waals surface area (Å²) >= 11 is 0. The minimum Gasteiger partial charge on any atom is -0.466 e. The predicted octanol–water partition coefficient (Wildman–Crippen LogP) is 2.63. The molecular weight excluding hydrogens is 286 g/mol.